The highest BCUT2D eigenvalue weighted by atomic mass is 79.9. The van der Waals surface area contributed by atoms with E-state index in [1.165, 1.54) is 12.1 Å². The van der Waals surface area contributed by atoms with Gasteiger partial charge in [0.25, 0.3) is 0 Å². The van der Waals surface area contributed by atoms with Crippen molar-refractivity contribution in [3.8, 4) is 0 Å². The predicted molar refractivity (Wildman–Crippen MR) is 48.8 cm³/mol. The first-order valence-corrected chi connectivity index (χ1v) is 4.17. The fourth-order valence-corrected chi connectivity index (χ4v) is 1.56. The fraction of sp³-hybridized carbons (Fsp3) is 0. The zero-order valence-electron chi connectivity index (χ0n) is 5.77. The van der Waals surface area contributed by atoms with Crippen molar-refractivity contribution in [2.45, 2.75) is 0 Å². The maximum absolute atomic E-state index is 13.0. The van der Waals surface area contributed by atoms with E-state index >= 15 is 0 Å². The number of hydrogen-bond acceptors (Lipinski definition) is 1. The Labute approximate surface area is 81.8 Å². The summed E-state index contributed by atoms with van der Waals surface area (Å²) in [7, 11) is 0. The number of halogens is 3. The van der Waals surface area contributed by atoms with E-state index in [4.69, 9.17) is 11.6 Å². The summed E-state index contributed by atoms with van der Waals surface area (Å²) in [4.78, 5) is 10.0. The summed E-state index contributed by atoms with van der Waals surface area (Å²) in [6.07, 6.45) is 0.373. The van der Waals surface area contributed by atoms with Gasteiger partial charge in [0.15, 0.2) is 0 Å². The zero-order chi connectivity index (χ0) is 9.14. The lowest BCUT2D eigenvalue weighted by atomic mass is 10.3. The van der Waals surface area contributed by atoms with Crippen LogP contribution in [0, 0.1) is 5.82 Å². The minimum absolute atomic E-state index is 0.00475. The Hall–Kier alpha value is -0.610. The zero-order valence-corrected chi connectivity index (χ0v) is 8.12. The Morgan fingerprint density at radius 1 is 1.58 bits per heavy atom. The van der Waals surface area contributed by atoms with Gasteiger partial charge >= 0.3 is 0 Å². The van der Waals surface area contributed by atoms with Crippen LogP contribution >= 0.6 is 27.5 Å². The molecule has 0 aromatic heterocycles. The van der Waals surface area contributed by atoms with Gasteiger partial charge in [-0.15, -0.1) is 0 Å². The van der Waals surface area contributed by atoms with Crippen molar-refractivity contribution < 1.29 is 9.18 Å². The molecule has 0 bridgehead atoms. The van der Waals surface area contributed by atoms with Gasteiger partial charge in [-0.1, -0.05) is 27.5 Å². The second-order valence-corrected chi connectivity index (χ2v) is 3.33. The van der Waals surface area contributed by atoms with Crippen molar-refractivity contribution in [2.75, 3.05) is 5.32 Å². The molecule has 0 aliphatic heterocycles. The van der Waals surface area contributed by atoms with E-state index < -0.39 is 5.82 Å². The molecule has 2 nitrogen and oxygen atoms in total. The third kappa shape index (κ3) is 1.95. The van der Waals surface area contributed by atoms with E-state index in [0.29, 0.717) is 10.9 Å². The van der Waals surface area contributed by atoms with Crippen molar-refractivity contribution in [2.24, 2.45) is 0 Å². The first-order valence-electron chi connectivity index (χ1n) is 3.00. The lowest BCUT2D eigenvalue weighted by molar-refractivity contribution is -0.105. The van der Waals surface area contributed by atoms with Gasteiger partial charge in [-0.3, -0.25) is 4.79 Å². The summed E-state index contributed by atoms with van der Waals surface area (Å²) in [5.41, 5.74) is -0.00475. The first-order chi connectivity index (χ1) is 5.65. The molecule has 12 heavy (non-hydrogen) atoms. The molecule has 1 N–H and O–H groups in total. The fourth-order valence-electron chi connectivity index (χ4n) is 0.739. The van der Waals surface area contributed by atoms with Gasteiger partial charge in [0, 0.05) is 4.47 Å². The lowest BCUT2D eigenvalue weighted by Crippen LogP contribution is -1.97. The molecule has 0 unspecified atom stereocenters. The molecule has 0 aliphatic carbocycles. The van der Waals surface area contributed by atoms with Crippen LogP contribution in [0.1, 0.15) is 0 Å². The molecule has 0 radical (unpaired) electrons. The minimum atomic E-state index is -0.568. The molecule has 0 saturated carbocycles. The SMILES string of the molecule is O=CNc1c(F)cc(Br)cc1Cl. The Morgan fingerprint density at radius 2 is 2.25 bits per heavy atom. The molecular formula is C7H4BrClFNO. The topological polar surface area (TPSA) is 29.1 Å². The second-order valence-electron chi connectivity index (χ2n) is 2.01. The third-order valence-electron chi connectivity index (χ3n) is 1.21. The lowest BCUT2D eigenvalue weighted by Gasteiger charge is -2.03. The molecule has 1 aromatic carbocycles. The standard InChI is InChI=1S/C7H4BrClFNO/c8-4-1-5(9)7(11-3-12)6(10)2-4/h1-3H,(H,11,12). The van der Waals surface area contributed by atoms with Crippen LogP contribution in [0.5, 0.6) is 0 Å². The second kappa shape index (κ2) is 3.87. The molecular weight excluding hydrogens is 248 g/mol. The van der Waals surface area contributed by atoms with Crippen LogP contribution in [0.4, 0.5) is 10.1 Å². The number of anilines is 1. The van der Waals surface area contributed by atoms with E-state index in [-0.39, 0.29) is 10.7 Å². The van der Waals surface area contributed by atoms with Crippen LogP contribution in [0.3, 0.4) is 0 Å². The average molecular weight is 252 g/mol. The summed E-state index contributed by atoms with van der Waals surface area (Å²) >= 11 is 8.68. The van der Waals surface area contributed by atoms with Gasteiger partial charge in [-0.25, -0.2) is 4.39 Å². The van der Waals surface area contributed by atoms with E-state index in [1.54, 1.807) is 0 Å². The predicted octanol–water partition coefficient (Wildman–Crippen LogP) is 2.81. The number of carbonyl (C=O) groups is 1. The van der Waals surface area contributed by atoms with Gasteiger partial charge in [-0.05, 0) is 12.1 Å². The van der Waals surface area contributed by atoms with Crippen molar-refractivity contribution in [3.63, 3.8) is 0 Å². The number of nitrogens with one attached hydrogen (secondary N) is 1. The van der Waals surface area contributed by atoms with Crippen LogP contribution in [0.2, 0.25) is 5.02 Å². The molecule has 1 rings (SSSR count). The normalized spacial score (nSPS) is 9.58. The quantitative estimate of drug-likeness (QED) is 0.806. The van der Waals surface area contributed by atoms with Crippen LogP contribution in [0.25, 0.3) is 0 Å². The smallest absolute Gasteiger partial charge is 0.211 e. The van der Waals surface area contributed by atoms with Gasteiger partial charge in [0.05, 0.1) is 10.7 Å². The van der Waals surface area contributed by atoms with Crippen molar-refractivity contribution in [1.82, 2.24) is 0 Å². The summed E-state index contributed by atoms with van der Waals surface area (Å²) in [6, 6.07) is 2.72. The third-order valence-corrected chi connectivity index (χ3v) is 1.97. The molecule has 0 spiro atoms. The highest BCUT2D eigenvalue weighted by Crippen LogP contribution is 2.28. The van der Waals surface area contributed by atoms with Crippen LogP contribution in [-0.2, 0) is 4.79 Å². The Morgan fingerprint density at radius 3 is 2.75 bits per heavy atom. The summed E-state index contributed by atoms with van der Waals surface area (Å²) in [5.74, 6) is -0.568. The number of amides is 1. The van der Waals surface area contributed by atoms with Crippen molar-refractivity contribution in [1.29, 1.82) is 0 Å². The number of benzene rings is 1. The van der Waals surface area contributed by atoms with Crippen molar-refractivity contribution >= 4 is 39.6 Å². The monoisotopic (exact) mass is 251 g/mol. The molecule has 1 aromatic rings. The summed E-state index contributed by atoms with van der Waals surface area (Å²) in [6.45, 7) is 0. The largest absolute Gasteiger partial charge is 0.325 e. The van der Waals surface area contributed by atoms with Gasteiger partial charge < -0.3 is 5.32 Å². The van der Waals surface area contributed by atoms with E-state index in [1.807, 2.05) is 0 Å². The van der Waals surface area contributed by atoms with Gasteiger partial charge in [0.1, 0.15) is 5.82 Å². The Balaban J connectivity index is 3.18. The molecule has 0 fully saturated rings. The van der Waals surface area contributed by atoms with E-state index in [2.05, 4.69) is 21.2 Å². The maximum Gasteiger partial charge on any atom is 0.211 e. The maximum atomic E-state index is 13.0. The first kappa shape index (κ1) is 9.48. The van der Waals surface area contributed by atoms with E-state index in [9.17, 15) is 9.18 Å². The summed E-state index contributed by atoms with van der Waals surface area (Å²) in [5, 5.41) is 2.32. The van der Waals surface area contributed by atoms with Crippen LogP contribution < -0.4 is 5.32 Å². The molecule has 0 atom stereocenters. The average Bonchev–Trinajstić information content (AvgIpc) is 1.96. The number of rotatable bonds is 2. The Bertz CT molecular complexity index is 295. The number of carbonyl (C=O) groups excluding carboxylic acids is 1. The highest BCUT2D eigenvalue weighted by Gasteiger charge is 2.07. The van der Waals surface area contributed by atoms with Crippen LogP contribution in [-0.4, -0.2) is 6.41 Å². The van der Waals surface area contributed by atoms with Gasteiger partial charge in [0.2, 0.25) is 6.41 Å². The van der Waals surface area contributed by atoms with Gasteiger partial charge in [-0.2, -0.15) is 0 Å². The molecule has 64 valence electrons. The Kier molecular flexibility index (Phi) is 3.05. The number of hydrogen-bond donors (Lipinski definition) is 1. The summed E-state index contributed by atoms with van der Waals surface area (Å²) < 4.78 is 13.5. The van der Waals surface area contributed by atoms with Crippen molar-refractivity contribution in [3.05, 3.63) is 27.4 Å². The minimum Gasteiger partial charge on any atom is -0.325 e. The molecule has 1 amide bonds. The van der Waals surface area contributed by atoms with E-state index in [0.717, 1.165) is 0 Å². The van der Waals surface area contributed by atoms with Crippen LogP contribution in [0.15, 0.2) is 16.6 Å². The molecule has 0 saturated heterocycles. The molecule has 5 heteroatoms. The molecule has 0 heterocycles. The molecule has 0 aliphatic rings. The highest BCUT2D eigenvalue weighted by molar-refractivity contribution is 9.10.